The molecular formula is C24H32N2O2. The van der Waals surface area contributed by atoms with Gasteiger partial charge in [0.25, 0.3) is 5.69 Å². The third-order valence-corrected chi connectivity index (χ3v) is 6.25. The number of rotatable bonds is 6. The fourth-order valence-corrected chi connectivity index (χ4v) is 4.30. The molecule has 1 aliphatic rings. The van der Waals surface area contributed by atoms with E-state index in [0.29, 0.717) is 5.69 Å². The fraction of sp³-hybridized carbons (Fsp3) is 0.500. The van der Waals surface area contributed by atoms with Gasteiger partial charge in [-0.3, -0.25) is 10.1 Å². The largest absolute Gasteiger partial charge is 0.336 e. The van der Waals surface area contributed by atoms with E-state index in [1.165, 1.54) is 17.5 Å². The van der Waals surface area contributed by atoms with Crippen molar-refractivity contribution >= 4 is 17.1 Å². The maximum atomic E-state index is 11.6. The third kappa shape index (κ3) is 3.78. The number of nitrogens with zero attached hydrogens (tertiary/aromatic N) is 2. The van der Waals surface area contributed by atoms with Crippen molar-refractivity contribution in [2.75, 3.05) is 11.4 Å². The lowest BCUT2D eigenvalue weighted by atomic mass is 9.63. The molecule has 0 atom stereocenters. The standard InChI is InChI=1S/C24H32N2O2/c1-6-7-16-25(21-10-8-9-11-22(21)26(27)28)18-12-13-19-20(17-18)24(4,5)15-14-23(19,2)3/h8-13,17H,6-7,14-16H2,1-5H3. The number of benzene rings is 2. The van der Waals surface area contributed by atoms with E-state index >= 15 is 0 Å². The third-order valence-electron chi connectivity index (χ3n) is 6.25. The number of nitro groups is 1. The van der Waals surface area contributed by atoms with Crippen LogP contribution in [0.5, 0.6) is 0 Å². The number of unbranched alkanes of at least 4 members (excludes halogenated alkanes) is 1. The highest BCUT2D eigenvalue weighted by Gasteiger charge is 2.37. The maximum absolute atomic E-state index is 11.6. The zero-order chi connectivity index (χ0) is 20.5. The van der Waals surface area contributed by atoms with E-state index in [1.54, 1.807) is 12.1 Å². The second-order valence-electron chi connectivity index (χ2n) is 9.25. The molecular weight excluding hydrogens is 348 g/mol. The van der Waals surface area contributed by atoms with Crippen LogP contribution in [0.4, 0.5) is 17.1 Å². The molecule has 0 bridgehead atoms. The summed E-state index contributed by atoms with van der Waals surface area (Å²) in [4.78, 5) is 13.5. The summed E-state index contributed by atoms with van der Waals surface area (Å²) in [5, 5.41) is 11.6. The lowest BCUT2D eigenvalue weighted by Gasteiger charge is -2.42. The van der Waals surface area contributed by atoms with Crippen LogP contribution < -0.4 is 4.90 Å². The Labute approximate surface area is 168 Å². The molecule has 4 nitrogen and oxygen atoms in total. The molecule has 0 heterocycles. The summed E-state index contributed by atoms with van der Waals surface area (Å²) in [7, 11) is 0. The van der Waals surface area contributed by atoms with E-state index in [0.717, 1.165) is 31.5 Å². The highest BCUT2D eigenvalue weighted by Crippen LogP contribution is 2.47. The van der Waals surface area contributed by atoms with Gasteiger partial charge >= 0.3 is 0 Å². The number of nitro benzene ring substituents is 1. The molecule has 0 N–H and O–H groups in total. The Morgan fingerprint density at radius 2 is 1.64 bits per heavy atom. The van der Waals surface area contributed by atoms with Crippen molar-refractivity contribution in [2.45, 2.75) is 71.1 Å². The van der Waals surface area contributed by atoms with Gasteiger partial charge in [-0.1, -0.05) is 59.2 Å². The van der Waals surface area contributed by atoms with Crippen LogP contribution >= 0.6 is 0 Å². The molecule has 0 unspecified atom stereocenters. The van der Waals surface area contributed by atoms with E-state index in [9.17, 15) is 10.1 Å². The van der Waals surface area contributed by atoms with Crippen LogP contribution in [0.15, 0.2) is 42.5 Å². The highest BCUT2D eigenvalue weighted by atomic mass is 16.6. The Morgan fingerprint density at radius 1 is 1.00 bits per heavy atom. The molecule has 0 amide bonds. The number of anilines is 2. The van der Waals surface area contributed by atoms with E-state index in [2.05, 4.69) is 57.7 Å². The quantitative estimate of drug-likeness (QED) is 0.405. The van der Waals surface area contributed by atoms with Gasteiger partial charge in [-0.25, -0.2) is 0 Å². The Hall–Kier alpha value is -2.36. The predicted molar refractivity (Wildman–Crippen MR) is 117 cm³/mol. The Morgan fingerprint density at radius 3 is 2.29 bits per heavy atom. The molecule has 150 valence electrons. The van der Waals surface area contributed by atoms with Gasteiger partial charge in [0.15, 0.2) is 0 Å². The molecule has 0 saturated carbocycles. The minimum atomic E-state index is -0.278. The first-order valence-corrected chi connectivity index (χ1v) is 10.3. The summed E-state index contributed by atoms with van der Waals surface area (Å²) in [6.45, 7) is 12.2. The number of fused-ring (bicyclic) bond motifs is 1. The second-order valence-corrected chi connectivity index (χ2v) is 9.25. The molecule has 0 aliphatic heterocycles. The molecule has 28 heavy (non-hydrogen) atoms. The van der Waals surface area contributed by atoms with E-state index in [-0.39, 0.29) is 21.4 Å². The summed E-state index contributed by atoms with van der Waals surface area (Å²) < 4.78 is 0. The number of hydrogen-bond acceptors (Lipinski definition) is 3. The van der Waals surface area contributed by atoms with Gasteiger partial charge in [-0.2, -0.15) is 0 Å². The molecule has 4 heteroatoms. The SMILES string of the molecule is CCCCN(c1ccc2c(c1)C(C)(C)CCC2(C)C)c1ccccc1[N+](=O)[O-]. The highest BCUT2D eigenvalue weighted by molar-refractivity contribution is 5.73. The monoisotopic (exact) mass is 380 g/mol. The van der Waals surface area contributed by atoms with Crippen molar-refractivity contribution in [2.24, 2.45) is 0 Å². The first-order chi connectivity index (χ1) is 13.2. The number of para-hydroxylation sites is 2. The summed E-state index contributed by atoms with van der Waals surface area (Å²) >= 11 is 0. The van der Waals surface area contributed by atoms with Crippen molar-refractivity contribution in [3.63, 3.8) is 0 Å². The molecule has 0 spiro atoms. The van der Waals surface area contributed by atoms with Crippen LogP contribution in [-0.4, -0.2) is 11.5 Å². The molecule has 0 aromatic heterocycles. The van der Waals surface area contributed by atoms with Gasteiger partial charge in [0.05, 0.1) is 4.92 Å². The molecule has 0 saturated heterocycles. The zero-order valence-corrected chi connectivity index (χ0v) is 17.8. The molecule has 0 fully saturated rings. The van der Waals surface area contributed by atoms with Crippen LogP contribution in [0, 0.1) is 10.1 Å². The average Bonchev–Trinajstić information content (AvgIpc) is 2.66. The smallest absolute Gasteiger partial charge is 0.292 e. The fourth-order valence-electron chi connectivity index (χ4n) is 4.30. The van der Waals surface area contributed by atoms with Crippen LogP contribution in [0.3, 0.4) is 0 Å². The normalized spacial score (nSPS) is 17.0. The van der Waals surface area contributed by atoms with Gasteiger partial charge in [0.2, 0.25) is 0 Å². The van der Waals surface area contributed by atoms with Gasteiger partial charge in [0, 0.05) is 18.3 Å². The molecule has 3 rings (SSSR count). The van der Waals surface area contributed by atoms with Crippen molar-refractivity contribution < 1.29 is 4.92 Å². The van der Waals surface area contributed by atoms with Gasteiger partial charge in [-0.15, -0.1) is 0 Å². The number of hydrogen-bond donors (Lipinski definition) is 0. The Balaban J connectivity index is 2.14. The van der Waals surface area contributed by atoms with E-state index in [1.807, 2.05) is 12.1 Å². The van der Waals surface area contributed by atoms with Crippen LogP contribution in [0.2, 0.25) is 0 Å². The first-order valence-electron chi connectivity index (χ1n) is 10.3. The summed E-state index contributed by atoms with van der Waals surface area (Å²) in [6, 6.07) is 13.8. The Bertz CT molecular complexity index is 871. The minimum Gasteiger partial charge on any atom is -0.336 e. The topological polar surface area (TPSA) is 46.4 Å². The van der Waals surface area contributed by atoms with E-state index in [4.69, 9.17) is 0 Å². The molecule has 1 aliphatic carbocycles. The minimum absolute atomic E-state index is 0.111. The van der Waals surface area contributed by atoms with E-state index < -0.39 is 0 Å². The Kier molecular flexibility index (Phi) is 5.51. The van der Waals surface area contributed by atoms with Crippen LogP contribution in [0.1, 0.15) is 71.4 Å². The lowest BCUT2D eigenvalue weighted by Crippen LogP contribution is -2.34. The van der Waals surface area contributed by atoms with Gasteiger partial charge in [0.1, 0.15) is 5.69 Å². The van der Waals surface area contributed by atoms with Crippen LogP contribution in [-0.2, 0) is 10.8 Å². The van der Waals surface area contributed by atoms with Crippen LogP contribution in [0.25, 0.3) is 0 Å². The van der Waals surface area contributed by atoms with Crippen molar-refractivity contribution in [3.05, 3.63) is 63.7 Å². The molecule has 2 aromatic rings. The zero-order valence-electron chi connectivity index (χ0n) is 17.8. The second kappa shape index (κ2) is 7.57. The predicted octanol–water partition coefficient (Wildman–Crippen LogP) is 6.88. The molecule has 0 radical (unpaired) electrons. The summed E-state index contributed by atoms with van der Waals surface area (Å²) in [5.41, 5.74) is 4.94. The first kappa shape index (κ1) is 20.4. The maximum Gasteiger partial charge on any atom is 0.292 e. The summed E-state index contributed by atoms with van der Waals surface area (Å²) in [5.74, 6) is 0. The average molecular weight is 381 g/mol. The molecule has 2 aromatic carbocycles. The van der Waals surface area contributed by atoms with Crippen molar-refractivity contribution in [3.8, 4) is 0 Å². The summed E-state index contributed by atoms with van der Waals surface area (Å²) in [6.07, 6.45) is 4.35. The van der Waals surface area contributed by atoms with Crippen molar-refractivity contribution in [1.82, 2.24) is 0 Å². The van der Waals surface area contributed by atoms with Gasteiger partial charge < -0.3 is 4.90 Å². The van der Waals surface area contributed by atoms with Gasteiger partial charge in [-0.05, 0) is 59.4 Å². The lowest BCUT2D eigenvalue weighted by molar-refractivity contribution is -0.384. The van der Waals surface area contributed by atoms with Crippen molar-refractivity contribution in [1.29, 1.82) is 0 Å².